The van der Waals surface area contributed by atoms with Gasteiger partial charge in [0, 0.05) is 0 Å². The summed E-state index contributed by atoms with van der Waals surface area (Å²) in [5.41, 5.74) is 1.64. The lowest BCUT2D eigenvalue weighted by atomic mass is 10.2. The van der Waals surface area contributed by atoms with Crippen LogP contribution in [0.5, 0.6) is 0 Å². The van der Waals surface area contributed by atoms with Gasteiger partial charge in [-0.25, -0.2) is 14.5 Å². The molecule has 4 rings (SSSR count). The number of anilines is 1. The van der Waals surface area contributed by atoms with Gasteiger partial charge >= 0.3 is 11.9 Å². The predicted molar refractivity (Wildman–Crippen MR) is 115 cm³/mol. The Kier molecular flexibility index (Phi) is 5.81. The van der Waals surface area contributed by atoms with Gasteiger partial charge in [0.2, 0.25) is 12.2 Å². The SMILES string of the molecule is Cc1ccc(N2C(=O)[C@@H](OC(=O)c3ccccc3)[C@@H](OC(=O)c3ccccc3)C2=O)cc1. The van der Waals surface area contributed by atoms with Crippen molar-refractivity contribution in [1.29, 1.82) is 0 Å². The molecule has 2 atom stereocenters. The molecular weight excluding hydrogens is 410 g/mol. The summed E-state index contributed by atoms with van der Waals surface area (Å²) in [7, 11) is 0. The summed E-state index contributed by atoms with van der Waals surface area (Å²) in [5.74, 6) is -3.17. The van der Waals surface area contributed by atoms with Gasteiger partial charge in [0.25, 0.3) is 11.8 Å². The normalized spacial score (nSPS) is 17.8. The number of ether oxygens (including phenoxy) is 2. The van der Waals surface area contributed by atoms with Gasteiger partial charge in [-0.3, -0.25) is 9.59 Å². The fourth-order valence-electron chi connectivity index (χ4n) is 3.31. The molecule has 1 aliphatic rings. The zero-order chi connectivity index (χ0) is 22.7. The molecule has 0 spiro atoms. The first-order chi connectivity index (χ1) is 15.5. The molecule has 0 saturated carbocycles. The number of hydrogen-bond acceptors (Lipinski definition) is 6. The molecule has 160 valence electrons. The molecule has 1 heterocycles. The Labute approximate surface area is 184 Å². The molecule has 0 unspecified atom stereocenters. The molecule has 0 radical (unpaired) electrons. The molecule has 3 aromatic rings. The van der Waals surface area contributed by atoms with E-state index in [9.17, 15) is 19.2 Å². The largest absolute Gasteiger partial charge is 0.444 e. The molecule has 1 saturated heterocycles. The van der Waals surface area contributed by atoms with Crippen LogP contribution in [-0.2, 0) is 19.1 Å². The van der Waals surface area contributed by atoms with Crippen molar-refractivity contribution < 1.29 is 28.7 Å². The van der Waals surface area contributed by atoms with Crippen molar-refractivity contribution in [1.82, 2.24) is 0 Å². The zero-order valence-corrected chi connectivity index (χ0v) is 17.1. The number of hydrogen-bond donors (Lipinski definition) is 0. The molecule has 0 aromatic heterocycles. The van der Waals surface area contributed by atoms with E-state index >= 15 is 0 Å². The third kappa shape index (κ3) is 4.13. The van der Waals surface area contributed by atoms with Crippen LogP contribution < -0.4 is 4.90 Å². The monoisotopic (exact) mass is 429 g/mol. The van der Waals surface area contributed by atoms with Crippen LogP contribution in [0.1, 0.15) is 26.3 Å². The molecule has 0 bridgehead atoms. The first-order valence-corrected chi connectivity index (χ1v) is 9.92. The van der Waals surface area contributed by atoms with Gasteiger partial charge in [0.15, 0.2) is 0 Å². The third-order valence-electron chi connectivity index (χ3n) is 4.98. The predicted octanol–water partition coefficient (Wildman–Crippen LogP) is 3.32. The molecule has 3 aromatic carbocycles. The van der Waals surface area contributed by atoms with Crippen molar-refractivity contribution in [2.45, 2.75) is 19.1 Å². The van der Waals surface area contributed by atoms with E-state index in [-0.39, 0.29) is 11.1 Å². The van der Waals surface area contributed by atoms with Crippen molar-refractivity contribution in [2.75, 3.05) is 4.90 Å². The zero-order valence-electron chi connectivity index (χ0n) is 17.1. The van der Waals surface area contributed by atoms with E-state index < -0.39 is 36.0 Å². The number of nitrogens with zero attached hydrogens (tertiary/aromatic N) is 1. The number of carbonyl (C=O) groups excluding carboxylic acids is 4. The number of rotatable bonds is 5. The number of esters is 2. The van der Waals surface area contributed by atoms with Gasteiger partial charge in [-0.1, -0.05) is 54.1 Å². The van der Waals surface area contributed by atoms with E-state index in [4.69, 9.17) is 9.47 Å². The van der Waals surface area contributed by atoms with Gasteiger partial charge in [-0.2, -0.15) is 0 Å². The average Bonchev–Trinajstić information content (AvgIpc) is 3.04. The van der Waals surface area contributed by atoms with Crippen molar-refractivity contribution in [3.8, 4) is 0 Å². The van der Waals surface area contributed by atoms with Crippen LogP contribution in [0, 0.1) is 6.92 Å². The summed E-state index contributed by atoms with van der Waals surface area (Å²) in [5, 5.41) is 0. The maximum Gasteiger partial charge on any atom is 0.339 e. The lowest BCUT2D eigenvalue weighted by molar-refractivity contribution is -0.130. The highest BCUT2D eigenvalue weighted by molar-refractivity contribution is 6.25. The van der Waals surface area contributed by atoms with E-state index in [2.05, 4.69) is 0 Å². The van der Waals surface area contributed by atoms with Crippen molar-refractivity contribution in [2.24, 2.45) is 0 Å². The van der Waals surface area contributed by atoms with Crippen LogP contribution in [-0.4, -0.2) is 36.0 Å². The quantitative estimate of drug-likeness (QED) is 0.457. The van der Waals surface area contributed by atoms with E-state index in [1.165, 1.54) is 24.3 Å². The second-order valence-electron chi connectivity index (χ2n) is 7.23. The number of aryl methyl sites for hydroxylation is 1. The number of benzene rings is 3. The Morgan fingerprint density at radius 2 is 1.06 bits per heavy atom. The van der Waals surface area contributed by atoms with Crippen LogP contribution in [0.2, 0.25) is 0 Å². The van der Waals surface area contributed by atoms with Gasteiger partial charge in [-0.15, -0.1) is 0 Å². The maximum absolute atomic E-state index is 13.1. The molecule has 1 fully saturated rings. The van der Waals surface area contributed by atoms with Crippen LogP contribution in [0.15, 0.2) is 84.9 Å². The highest BCUT2D eigenvalue weighted by atomic mass is 16.6. The minimum absolute atomic E-state index is 0.203. The third-order valence-corrected chi connectivity index (χ3v) is 4.98. The van der Waals surface area contributed by atoms with Crippen LogP contribution in [0.25, 0.3) is 0 Å². The number of carbonyl (C=O) groups is 4. The summed E-state index contributed by atoms with van der Waals surface area (Å²) in [6, 6.07) is 22.8. The molecule has 0 aliphatic carbocycles. The van der Waals surface area contributed by atoms with Gasteiger partial charge < -0.3 is 9.47 Å². The standard InChI is InChI=1S/C25H19NO6/c1-16-12-14-19(15-13-16)26-22(27)20(31-24(29)17-8-4-2-5-9-17)21(23(26)28)32-25(30)18-10-6-3-7-11-18/h2-15,20-21H,1H3/t20-,21+. The smallest absolute Gasteiger partial charge is 0.339 e. The summed E-state index contributed by atoms with van der Waals surface area (Å²) in [6.45, 7) is 1.87. The van der Waals surface area contributed by atoms with Crippen molar-refractivity contribution >= 4 is 29.4 Å². The molecule has 32 heavy (non-hydrogen) atoms. The topological polar surface area (TPSA) is 90.0 Å². The second-order valence-corrected chi connectivity index (χ2v) is 7.23. The fraction of sp³-hybridized carbons (Fsp3) is 0.120. The van der Waals surface area contributed by atoms with E-state index in [1.807, 2.05) is 6.92 Å². The Bertz CT molecular complexity index is 1090. The minimum Gasteiger partial charge on any atom is -0.444 e. The first kappa shape index (κ1) is 21.0. The lowest BCUT2D eigenvalue weighted by Crippen LogP contribution is -2.37. The highest BCUT2D eigenvalue weighted by Crippen LogP contribution is 2.28. The molecule has 7 nitrogen and oxygen atoms in total. The Morgan fingerprint density at radius 3 is 1.47 bits per heavy atom. The van der Waals surface area contributed by atoms with Crippen LogP contribution in [0.4, 0.5) is 5.69 Å². The van der Waals surface area contributed by atoms with E-state index in [1.54, 1.807) is 60.7 Å². The summed E-state index contributed by atoms with van der Waals surface area (Å²) >= 11 is 0. The summed E-state index contributed by atoms with van der Waals surface area (Å²) in [4.78, 5) is 52.3. The van der Waals surface area contributed by atoms with Crippen molar-refractivity contribution in [3.05, 3.63) is 102 Å². The minimum atomic E-state index is -1.61. The van der Waals surface area contributed by atoms with E-state index in [0.29, 0.717) is 5.69 Å². The number of imide groups is 1. The van der Waals surface area contributed by atoms with Gasteiger partial charge in [0.1, 0.15) is 0 Å². The maximum atomic E-state index is 13.1. The molecule has 1 aliphatic heterocycles. The van der Waals surface area contributed by atoms with Crippen molar-refractivity contribution in [3.63, 3.8) is 0 Å². The molecule has 7 heteroatoms. The second kappa shape index (κ2) is 8.85. The highest BCUT2D eigenvalue weighted by Gasteiger charge is 2.53. The Balaban J connectivity index is 1.65. The summed E-state index contributed by atoms with van der Waals surface area (Å²) < 4.78 is 10.8. The van der Waals surface area contributed by atoms with Crippen LogP contribution >= 0.6 is 0 Å². The lowest BCUT2D eigenvalue weighted by Gasteiger charge is -2.16. The number of amides is 2. The van der Waals surface area contributed by atoms with Gasteiger partial charge in [0.05, 0.1) is 16.8 Å². The summed E-state index contributed by atoms with van der Waals surface area (Å²) in [6.07, 6.45) is -3.21. The van der Waals surface area contributed by atoms with E-state index in [0.717, 1.165) is 10.5 Å². The average molecular weight is 429 g/mol. The first-order valence-electron chi connectivity index (χ1n) is 9.92. The molecular formula is C25H19NO6. The van der Waals surface area contributed by atoms with Gasteiger partial charge in [-0.05, 0) is 43.3 Å². The van der Waals surface area contributed by atoms with Crippen LogP contribution in [0.3, 0.4) is 0 Å². The Morgan fingerprint density at radius 1 is 0.656 bits per heavy atom. The Hall–Kier alpha value is -4.26. The molecule has 2 amide bonds. The fourth-order valence-corrected chi connectivity index (χ4v) is 3.31. The molecule has 0 N–H and O–H groups in total.